The fourth-order valence-electron chi connectivity index (χ4n) is 8.56. The lowest BCUT2D eigenvalue weighted by Crippen LogP contribution is -1.99. The van der Waals surface area contributed by atoms with E-state index in [1.54, 1.807) is 0 Å². The van der Waals surface area contributed by atoms with E-state index in [4.69, 9.17) is 4.74 Å². The van der Waals surface area contributed by atoms with Gasteiger partial charge < -0.3 is 4.74 Å². The monoisotopic (exact) mass is 646 g/mol. The van der Waals surface area contributed by atoms with Gasteiger partial charge in [0.05, 0.1) is 0 Å². The Balaban J connectivity index is 1.22. The van der Waals surface area contributed by atoms with Crippen LogP contribution in [0.5, 0.6) is 11.5 Å². The van der Waals surface area contributed by atoms with E-state index in [2.05, 4.69) is 182 Å². The van der Waals surface area contributed by atoms with Gasteiger partial charge in [0, 0.05) is 10.9 Å². The topological polar surface area (TPSA) is 9.23 Å². The summed E-state index contributed by atoms with van der Waals surface area (Å²) in [6.07, 6.45) is 0. The lowest BCUT2D eigenvalue weighted by atomic mass is 9.83. The van der Waals surface area contributed by atoms with E-state index in [0.29, 0.717) is 0 Å². The van der Waals surface area contributed by atoms with Crippen LogP contribution in [0.1, 0.15) is 0 Å². The van der Waals surface area contributed by atoms with Crippen LogP contribution in [0.25, 0.3) is 98.4 Å². The van der Waals surface area contributed by atoms with Crippen LogP contribution < -0.4 is 4.74 Å². The highest BCUT2D eigenvalue weighted by Crippen LogP contribution is 2.52. The Morgan fingerprint density at radius 2 is 0.922 bits per heavy atom. The minimum atomic E-state index is 0.887. The summed E-state index contributed by atoms with van der Waals surface area (Å²) in [6.45, 7) is 0. The first-order valence-electron chi connectivity index (χ1n) is 17.6. The van der Waals surface area contributed by atoms with Gasteiger partial charge in [-0.1, -0.05) is 158 Å². The minimum absolute atomic E-state index is 0.887. The molecule has 0 radical (unpaired) electrons. The van der Waals surface area contributed by atoms with Crippen molar-refractivity contribution in [3.8, 4) is 56.0 Å². The molecule has 10 aromatic rings. The second-order valence-electron chi connectivity index (χ2n) is 13.6. The quantitative estimate of drug-likeness (QED) is 0.137. The van der Waals surface area contributed by atoms with Crippen molar-refractivity contribution in [2.75, 3.05) is 0 Å². The molecule has 1 aliphatic heterocycles. The third kappa shape index (κ3) is 4.22. The molecular formula is C50H30O. The molecule has 0 saturated heterocycles. The van der Waals surface area contributed by atoms with Crippen LogP contribution in [0.2, 0.25) is 0 Å². The normalized spacial score (nSPS) is 12.1. The SMILES string of the molecule is c1ccc(-c2ccc3c4c(cccc24)-c2cc(-c4c5ccccc5c(-c5ccc6ccccc6c5)c5ccc6ccccc6c45)ccc2O3)cc1. The maximum Gasteiger partial charge on any atom is 0.135 e. The van der Waals surface area contributed by atoms with Crippen LogP contribution in [-0.4, -0.2) is 0 Å². The minimum Gasteiger partial charge on any atom is -0.456 e. The third-order valence-corrected chi connectivity index (χ3v) is 10.8. The van der Waals surface area contributed by atoms with Gasteiger partial charge in [-0.05, 0) is 112 Å². The molecule has 51 heavy (non-hydrogen) atoms. The zero-order chi connectivity index (χ0) is 33.5. The van der Waals surface area contributed by atoms with E-state index < -0.39 is 0 Å². The lowest BCUT2D eigenvalue weighted by Gasteiger charge is -2.24. The molecule has 1 nitrogen and oxygen atoms in total. The average Bonchev–Trinajstić information content (AvgIpc) is 3.20. The van der Waals surface area contributed by atoms with Crippen LogP contribution in [-0.2, 0) is 0 Å². The van der Waals surface area contributed by atoms with E-state index >= 15 is 0 Å². The molecule has 0 saturated carbocycles. The van der Waals surface area contributed by atoms with Crippen molar-refractivity contribution in [1.82, 2.24) is 0 Å². The molecular weight excluding hydrogens is 617 g/mol. The molecule has 11 rings (SSSR count). The molecule has 1 heteroatoms. The Bertz CT molecular complexity index is 3040. The summed E-state index contributed by atoms with van der Waals surface area (Å²) in [5.41, 5.74) is 9.67. The van der Waals surface area contributed by atoms with Gasteiger partial charge in [-0.25, -0.2) is 0 Å². The molecule has 0 bridgehead atoms. The van der Waals surface area contributed by atoms with Crippen molar-refractivity contribution < 1.29 is 4.74 Å². The van der Waals surface area contributed by atoms with E-state index in [0.717, 1.165) is 22.4 Å². The maximum atomic E-state index is 6.69. The van der Waals surface area contributed by atoms with Gasteiger partial charge in [-0.3, -0.25) is 0 Å². The van der Waals surface area contributed by atoms with Gasteiger partial charge in [-0.2, -0.15) is 0 Å². The zero-order valence-corrected chi connectivity index (χ0v) is 27.7. The van der Waals surface area contributed by atoms with Crippen molar-refractivity contribution in [1.29, 1.82) is 0 Å². The lowest BCUT2D eigenvalue weighted by molar-refractivity contribution is 0.487. The molecule has 1 heterocycles. The van der Waals surface area contributed by atoms with Crippen LogP contribution in [0.3, 0.4) is 0 Å². The van der Waals surface area contributed by atoms with Gasteiger partial charge in [0.25, 0.3) is 0 Å². The summed E-state index contributed by atoms with van der Waals surface area (Å²) < 4.78 is 6.69. The van der Waals surface area contributed by atoms with Crippen molar-refractivity contribution in [3.05, 3.63) is 182 Å². The molecule has 0 atom stereocenters. The first kappa shape index (κ1) is 28.2. The van der Waals surface area contributed by atoms with Crippen LogP contribution in [0.15, 0.2) is 182 Å². The summed E-state index contributed by atoms with van der Waals surface area (Å²) in [4.78, 5) is 0. The summed E-state index contributed by atoms with van der Waals surface area (Å²) in [6, 6.07) is 66.3. The number of hydrogen-bond donors (Lipinski definition) is 0. The Kier molecular flexibility index (Phi) is 6.02. The molecule has 0 aromatic heterocycles. The van der Waals surface area contributed by atoms with Crippen molar-refractivity contribution in [2.45, 2.75) is 0 Å². The Hall–Kier alpha value is -6.70. The Labute approximate surface area is 295 Å². The van der Waals surface area contributed by atoms with Gasteiger partial charge in [0.1, 0.15) is 11.5 Å². The fourth-order valence-corrected chi connectivity index (χ4v) is 8.56. The van der Waals surface area contributed by atoms with Crippen molar-refractivity contribution >= 4 is 53.9 Å². The highest BCUT2D eigenvalue weighted by Gasteiger charge is 2.24. The van der Waals surface area contributed by atoms with Gasteiger partial charge in [0.2, 0.25) is 0 Å². The number of hydrogen-bond acceptors (Lipinski definition) is 1. The van der Waals surface area contributed by atoms with Gasteiger partial charge in [-0.15, -0.1) is 0 Å². The molecule has 0 amide bonds. The van der Waals surface area contributed by atoms with Gasteiger partial charge in [0.15, 0.2) is 0 Å². The highest BCUT2D eigenvalue weighted by molar-refractivity contribution is 6.28. The largest absolute Gasteiger partial charge is 0.456 e. The maximum absolute atomic E-state index is 6.69. The summed E-state index contributed by atoms with van der Waals surface area (Å²) in [7, 11) is 0. The molecule has 0 fully saturated rings. The molecule has 0 N–H and O–H groups in total. The summed E-state index contributed by atoms with van der Waals surface area (Å²) in [5, 5.41) is 12.4. The number of rotatable bonds is 3. The van der Waals surface area contributed by atoms with Crippen LogP contribution in [0.4, 0.5) is 0 Å². The fraction of sp³-hybridized carbons (Fsp3) is 0. The van der Waals surface area contributed by atoms with E-state index in [1.807, 2.05) is 0 Å². The molecule has 0 spiro atoms. The molecule has 1 aliphatic rings. The highest BCUT2D eigenvalue weighted by atomic mass is 16.5. The van der Waals surface area contributed by atoms with E-state index in [1.165, 1.54) is 87.4 Å². The Morgan fingerprint density at radius 1 is 0.275 bits per heavy atom. The number of benzene rings is 10. The van der Waals surface area contributed by atoms with Gasteiger partial charge >= 0.3 is 0 Å². The smallest absolute Gasteiger partial charge is 0.135 e. The third-order valence-electron chi connectivity index (χ3n) is 10.8. The predicted molar refractivity (Wildman–Crippen MR) is 216 cm³/mol. The average molecular weight is 647 g/mol. The number of fused-ring (bicyclic) bond motifs is 7. The molecule has 0 unspecified atom stereocenters. The van der Waals surface area contributed by atoms with Crippen molar-refractivity contribution in [2.24, 2.45) is 0 Å². The first-order chi connectivity index (χ1) is 25.3. The molecule has 10 aromatic carbocycles. The predicted octanol–water partition coefficient (Wildman–Crippen LogP) is 14.2. The van der Waals surface area contributed by atoms with Crippen molar-refractivity contribution in [3.63, 3.8) is 0 Å². The van der Waals surface area contributed by atoms with Crippen LogP contribution >= 0.6 is 0 Å². The standard InChI is InChI=1S/C50H30O/c1-2-12-32(13-3-1)37-26-28-46-49-39(37)19-10-20-42(49)44-30-36(24-27-45(44)51-46)48-41-18-9-8-17-40(41)47(35-22-21-31-11-4-5-15-34(31)29-35)43-25-23-33-14-6-7-16-38(33)50(43)48/h1-30H. The van der Waals surface area contributed by atoms with E-state index in [9.17, 15) is 0 Å². The number of ether oxygens (including phenoxy) is 1. The summed E-state index contributed by atoms with van der Waals surface area (Å²) >= 11 is 0. The Morgan fingerprint density at radius 3 is 1.78 bits per heavy atom. The zero-order valence-electron chi connectivity index (χ0n) is 27.7. The second-order valence-corrected chi connectivity index (χ2v) is 13.6. The second kappa shape index (κ2) is 10.9. The molecule has 236 valence electrons. The summed E-state index contributed by atoms with van der Waals surface area (Å²) in [5.74, 6) is 1.79. The van der Waals surface area contributed by atoms with E-state index in [-0.39, 0.29) is 0 Å². The molecule has 0 aliphatic carbocycles. The van der Waals surface area contributed by atoms with Crippen LogP contribution in [0, 0.1) is 0 Å². The first-order valence-corrected chi connectivity index (χ1v) is 17.6.